The van der Waals surface area contributed by atoms with Crippen LogP contribution in [0.3, 0.4) is 0 Å². The van der Waals surface area contributed by atoms with Crippen molar-refractivity contribution in [2.24, 2.45) is 0 Å². The molecule has 0 aliphatic carbocycles. The van der Waals surface area contributed by atoms with Gasteiger partial charge in [0.15, 0.2) is 5.54 Å². The van der Waals surface area contributed by atoms with Crippen molar-refractivity contribution in [3.05, 3.63) is 60.1 Å². The standard InChI is InChI=1S/C18H15FN6O2/c1-18(10-20,14-8-21-5-6-22-14)25-15(26)9-23-17(27)13-7-11-3-2-4-12(19)16(11)24-13/h2-8,24H,9H2,1H3,(H,23,27)(H,25,26). The van der Waals surface area contributed by atoms with Crippen LogP contribution < -0.4 is 10.6 Å². The monoisotopic (exact) mass is 366 g/mol. The second-order valence-electron chi connectivity index (χ2n) is 5.95. The lowest BCUT2D eigenvalue weighted by Gasteiger charge is -2.22. The highest BCUT2D eigenvalue weighted by atomic mass is 19.1. The number of aromatic nitrogens is 3. The van der Waals surface area contributed by atoms with Gasteiger partial charge in [-0.1, -0.05) is 12.1 Å². The Labute approximate surface area is 153 Å². The number of nitriles is 1. The Bertz CT molecular complexity index is 1040. The minimum Gasteiger partial charge on any atom is -0.348 e. The zero-order valence-electron chi connectivity index (χ0n) is 14.3. The van der Waals surface area contributed by atoms with Crippen LogP contribution in [-0.2, 0) is 10.3 Å². The van der Waals surface area contributed by atoms with E-state index < -0.39 is 23.2 Å². The minimum atomic E-state index is -1.39. The second-order valence-corrected chi connectivity index (χ2v) is 5.95. The summed E-state index contributed by atoms with van der Waals surface area (Å²) in [5.41, 5.74) is -0.773. The van der Waals surface area contributed by atoms with Gasteiger partial charge in [-0.25, -0.2) is 4.39 Å². The Morgan fingerprint density at radius 2 is 2.19 bits per heavy atom. The number of hydrogen-bond acceptors (Lipinski definition) is 5. The summed E-state index contributed by atoms with van der Waals surface area (Å²) in [6.07, 6.45) is 4.24. The maximum atomic E-state index is 13.7. The number of fused-ring (bicyclic) bond motifs is 1. The van der Waals surface area contributed by atoms with Gasteiger partial charge in [-0.15, -0.1) is 0 Å². The number of nitrogens with zero attached hydrogens (tertiary/aromatic N) is 3. The number of H-pyrrole nitrogens is 1. The Hall–Kier alpha value is -3.80. The molecule has 2 aromatic heterocycles. The molecule has 1 atom stereocenters. The number of amides is 2. The molecule has 3 rings (SSSR count). The Morgan fingerprint density at radius 3 is 2.85 bits per heavy atom. The summed E-state index contributed by atoms with van der Waals surface area (Å²) < 4.78 is 13.7. The predicted octanol–water partition coefficient (Wildman–Crippen LogP) is 1.38. The van der Waals surface area contributed by atoms with E-state index in [0.717, 1.165) is 0 Å². The summed E-state index contributed by atoms with van der Waals surface area (Å²) in [6.45, 7) is 1.12. The first-order chi connectivity index (χ1) is 12.9. The SMILES string of the molecule is CC(C#N)(NC(=O)CNC(=O)c1cc2cccc(F)c2[nH]1)c1cnccn1. The van der Waals surface area contributed by atoms with Gasteiger partial charge in [0.1, 0.15) is 11.5 Å². The van der Waals surface area contributed by atoms with Gasteiger partial charge >= 0.3 is 0 Å². The number of hydrogen-bond donors (Lipinski definition) is 3. The van der Waals surface area contributed by atoms with Gasteiger partial charge in [-0.2, -0.15) is 5.26 Å². The molecule has 0 radical (unpaired) electrons. The van der Waals surface area contributed by atoms with Crippen LogP contribution in [-0.4, -0.2) is 33.3 Å². The molecule has 1 aromatic carbocycles. The van der Waals surface area contributed by atoms with Crippen LogP contribution in [0.4, 0.5) is 4.39 Å². The maximum Gasteiger partial charge on any atom is 0.268 e. The minimum absolute atomic E-state index is 0.125. The Kier molecular flexibility index (Phi) is 4.81. The van der Waals surface area contributed by atoms with Crippen molar-refractivity contribution in [2.45, 2.75) is 12.5 Å². The van der Waals surface area contributed by atoms with Gasteiger partial charge < -0.3 is 15.6 Å². The average Bonchev–Trinajstić information content (AvgIpc) is 3.12. The van der Waals surface area contributed by atoms with E-state index in [4.69, 9.17) is 0 Å². The van der Waals surface area contributed by atoms with E-state index in [1.165, 1.54) is 43.7 Å². The second kappa shape index (κ2) is 7.21. The molecule has 0 saturated carbocycles. The van der Waals surface area contributed by atoms with E-state index in [9.17, 15) is 19.2 Å². The van der Waals surface area contributed by atoms with Crippen molar-refractivity contribution in [1.29, 1.82) is 5.26 Å². The number of para-hydroxylation sites is 1. The maximum absolute atomic E-state index is 13.7. The first kappa shape index (κ1) is 18.0. The van der Waals surface area contributed by atoms with Gasteiger partial charge in [0.2, 0.25) is 5.91 Å². The number of nitrogens with one attached hydrogen (secondary N) is 3. The molecule has 3 N–H and O–H groups in total. The normalized spacial score (nSPS) is 12.8. The van der Waals surface area contributed by atoms with Gasteiger partial charge in [-0.3, -0.25) is 19.6 Å². The molecule has 2 heterocycles. The highest BCUT2D eigenvalue weighted by Gasteiger charge is 2.30. The quantitative estimate of drug-likeness (QED) is 0.629. The van der Waals surface area contributed by atoms with Crippen molar-refractivity contribution in [3.8, 4) is 6.07 Å². The molecule has 0 aliphatic rings. The predicted molar refractivity (Wildman–Crippen MR) is 93.7 cm³/mol. The fourth-order valence-corrected chi connectivity index (χ4v) is 2.53. The van der Waals surface area contributed by atoms with Crippen LogP contribution >= 0.6 is 0 Å². The van der Waals surface area contributed by atoms with Gasteiger partial charge in [0, 0.05) is 17.8 Å². The molecule has 3 aromatic rings. The highest BCUT2D eigenvalue weighted by Crippen LogP contribution is 2.18. The number of rotatable bonds is 5. The van der Waals surface area contributed by atoms with Crippen LogP contribution in [0.25, 0.3) is 10.9 Å². The zero-order chi connectivity index (χ0) is 19.4. The first-order valence-corrected chi connectivity index (χ1v) is 7.97. The smallest absolute Gasteiger partial charge is 0.268 e. The van der Waals surface area contributed by atoms with Crippen molar-refractivity contribution in [1.82, 2.24) is 25.6 Å². The van der Waals surface area contributed by atoms with E-state index in [2.05, 4.69) is 25.6 Å². The molecule has 2 amide bonds. The van der Waals surface area contributed by atoms with Crippen LogP contribution in [0.15, 0.2) is 42.9 Å². The molecule has 0 bridgehead atoms. The molecule has 136 valence electrons. The molecule has 27 heavy (non-hydrogen) atoms. The third-order valence-corrected chi connectivity index (χ3v) is 3.95. The third kappa shape index (κ3) is 3.74. The fourth-order valence-electron chi connectivity index (χ4n) is 2.53. The lowest BCUT2D eigenvalue weighted by Crippen LogP contribution is -2.47. The Balaban J connectivity index is 1.65. The van der Waals surface area contributed by atoms with Crippen LogP contribution in [0.1, 0.15) is 23.1 Å². The molecule has 0 saturated heterocycles. The van der Waals surface area contributed by atoms with E-state index in [0.29, 0.717) is 5.39 Å². The van der Waals surface area contributed by atoms with Crippen molar-refractivity contribution >= 4 is 22.7 Å². The number of halogens is 1. The summed E-state index contributed by atoms with van der Waals surface area (Å²) in [5.74, 6) is -1.63. The van der Waals surface area contributed by atoms with E-state index in [-0.39, 0.29) is 23.4 Å². The number of carbonyl (C=O) groups excluding carboxylic acids is 2. The lowest BCUT2D eigenvalue weighted by molar-refractivity contribution is -0.121. The summed E-state index contributed by atoms with van der Waals surface area (Å²) in [6, 6.07) is 7.95. The number of benzene rings is 1. The lowest BCUT2D eigenvalue weighted by atomic mass is 10.0. The van der Waals surface area contributed by atoms with Crippen LogP contribution in [0.2, 0.25) is 0 Å². The largest absolute Gasteiger partial charge is 0.348 e. The van der Waals surface area contributed by atoms with Crippen molar-refractivity contribution < 1.29 is 14.0 Å². The molecule has 8 nitrogen and oxygen atoms in total. The summed E-state index contributed by atoms with van der Waals surface area (Å²) in [5, 5.41) is 14.9. The van der Waals surface area contributed by atoms with Gasteiger partial charge in [0.25, 0.3) is 5.91 Å². The molecule has 0 aliphatic heterocycles. The van der Waals surface area contributed by atoms with E-state index in [1.807, 2.05) is 6.07 Å². The Morgan fingerprint density at radius 1 is 1.37 bits per heavy atom. The van der Waals surface area contributed by atoms with Crippen LogP contribution in [0.5, 0.6) is 0 Å². The topological polar surface area (TPSA) is 124 Å². The molecule has 0 spiro atoms. The van der Waals surface area contributed by atoms with E-state index >= 15 is 0 Å². The number of carbonyl (C=O) groups is 2. The van der Waals surface area contributed by atoms with Gasteiger partial charge in [0.05, 0.1) is 30.0 Å². The molecule has 1 unspecified atom stereocenters. The zero-order valence-corrected chi connectivity index (χ0v) is 14.3. The summed E-state index contributed by atoms with van der Waals surface area (Å²) >= 11 is 0. The van der Waals surface area contributed by atoms with Crippen molar-refractivity contribution in [2.75, 3.05) is 6.54 Å². The van der Waals surface area contributed by atoms with Gasteiger partial charge in [-0.05, 0) is 19.1 Å². The summed E-state index contributed by atoms with van der Waals surface area (Å²) in [7, 11) is 0. The molecular formula is C18H15FN6O2. The molecular weight excluding hydrogens is 351 g/mol. The highest BCUT2D eigenvalue weighted by molar-refractivity contribution is 5.99. The number of aromatic amines is 1. The van der Waals surface area contributed by atoms with E-state index in [1.54, 1.807) is 6.07 Å². The fraction of sp³-hybridized carbons (Fsp3) is 0.167. The average molecular weight is 366 g/mol. The molecule has 0 fully saturated rings. The summed E-state index contributed by atoms with van der Waals surface area (Å²) in [4.78, 5) is 34.9. The molecule has 9 heteroatoms. The van der Waals surface area contributed by atoms with Crippen LogP contribution in [0, 0.1) is 17.1 Å². The first-order valence-electron chi connectivity index (χ1n) is 7.97. The van der Waals surface area contributed by atoms with Crippen molar-refractivity contribution in [3.63, 3.8) is 0 Å². The third-order valence-electron chi connectivity index (χ3n) is 3.95.